The van der Waals surface area contributed by atoms with E-state index in [0.29, 0.717) is 5.69 Å². The maximum absolute atomic E-state index is 12.4. The first-order chi connectivity index (χ1) is 10.5. The molecule has 0 saturated carbocycles. The number of hydrogen-bond acceptors (Lipinski definition) is 6. The van der Waals surface area contributed by atoms with Gasteiger partial charge in [-0.1, -0.05) is 18.2 Å². The number of ether oxygens (including phenoxy) is 1. The van der Waals surface area contributed by atoms with E-state index in [1.165, 1.54) is 16.7 Å². The zero-order valence-corrected chi connectivity index (χ0v) is 13.0. The van der Waals surface area contributed by atoms with E-state index in [1.54, 1.807) is 31.2 Å². The number of nitrogens with two attached hydrogens (primary N) is 1. The summed E-state index contributed by atoms with van der Waals surface area (Å²) in [5.41, 5.74) is 6.27. The third-order valence-electron chi connectivity index (χ3n) is 3.19. The number of imide groups is 1. The van der Waals surface area contributed by atoms with Crippen molar-refractivity contribution >= 4 is 35.2 Å². The lowest BCUT2D eigenvalue weighted by molar-refractivity contribution is -0.144. The lowest BCUT2D eigenvalue weighted by Crippen LogP contribution is -2.36. The lowest BCUT2D eigenvalue weighted by Gasteiger charge is -2.15. The van der Waals surface area contributed by atoms with Gasteiger partial charge in [-0.05, 0) is 19.1 Å². The molecule has 0 aromatic heterocycles. The van der Waals surface area contributed by atoms with Crippen LogP contribution in [0.1, 0.15) is 13.3 Å². The van der Waals surface area contributed by atoms with E-state index in [1.807, 2.05) is 6.07 Å². The van der Waals surface area contributed by atoms with Gasteiger partial charge in [-0.2, -0.15) is 0 Å². The van der Waals surface area contributed by atoms with E-state index < -0.39 is 17.3 Å². The van der Waals surface area contributed by atoms with Gasteiger partial charge >= 0.3 is 5.97 Å². The van der Waals surface area contributed by atoms with Gasteiger partial charge in [-0.3, -0.25) is 14.4 Å². The van der Waals surface area contributed by atoms with E-state index in [9.17, 15) is 14.4 Å². The number of benzene rings is 1. The van der Waals surface area contributed by atoms with Gasteiger partial charge in [0.25, 0.3) is 0 Å². The number of para-hydroxylation sites is 1. The maximum Gasteiger partial charge on any atom is 0.323 e. The Morgan fingerprint density at radius 3 is 2.73 bits per heavy atom. The zero-order valence-electron chi connectivity index (χ0n) is 12.2. The predicted octanol–water partition coefficient (Wildman–Crippen LogP) is 0.942. The van der Waals surface area contributed by atoms with Crippen molar-refractivity contribution < 1.29 is 19.1 Å². The topological polar surface area (TPSA) is 89.7 Å². The molecule has 1 heterocycles. The molecule has 0 radical (unpaired) electrons. The average molecular weight is 322 g/mol. The van der Waals surface area contributed by atoms with Gasteiger partial charge in [-0.15, -0.1) is 11.8 Å². The molecule has 1 aromatic rings. The zero-order chi connectivity index (χ0) is 16.1. The van der Waals surface area contributed by atoms with Crippen LogP contribution in [0.5, 0.6) is 0 Å². The van der Waals surface area contributed by atoms with E-state index in [-0.39, 0.29) is 30.6 Å². The summed E-state index contributed by atoms with van der Waals surface area (Å²) in [4.78, 5) is 37.0. The maximum atomic E-state index is 12.4. The predicted molar refractivity (Wildman–Crippen MR) is 84.4 cm³/mol. The first-order valence-electron chi connectivity index (χ1n) is 7.00. The highest BCUT2D eigenvalue weighted by molar-refractivity contribution is 8.00. The summed E-state index contributed by atoms with van der Waals surface area (Å²) in [6, 6.07) is 8.00. The molecule has 1 aliphatic heterocycles. The summed E-state index contributed by atoms with van der Waals surface area (Å²) < 4.78 is 4.82. The number of carbonyl (C=O) groups is 3. The van der Waals surface area contributed by atoms with Gasteiger partial charge in [0.2, 0.25) is 11.8 Å². The summed E-state index contributed by atoms with van der Waals surface area (Å²) in [5, 5.41) is -0.506. The van der Waals surface area contributed by atoms with E-state index >= 15 is 0 Å². The van der Waals surface area contributed by atoms with Crippen LogP contribution in [0, 0.1) is 0 Å². The van der Waals surface area contributed by atoms with Crippen LogP contribution in [0.4, 0.5) is 5.69 Å². The van der Waals surface area contributed by atoms with Crippen molar-refractivity contribution in [2.75, 3.05) is 17.3 Å². The molecule has 2 amide bonds. The van der Waals surface area contributed by atoms with E-state index in [4.69, 9.17) is 10.5 Å². The highest BCUT2D eigenvalue weighted by Gasteiger charge is 2.40. The van der Waals surface area contributed by atoms with Crippen molar-refractivity contribution in [3.63, 3.8) is 0 Å². The van der Waals surface area contributed by atoms with Gasteiger partial charge in [-0.25, -0.2) is 4.90 Å². The van der Waals surface area contributed by atoms with Gasteiger partial charge in [0.05, 0.1) is 17.5 Å². The summed E-state index contributed by atoms with van der Waals surface area (Å²) in [6.07, 6.45) is 0.119. The van der Waals surface area contributed by atoms with Crippen LogP contribution < -0.4 is 10.6 Å². The van der Waals surface area contributed by atoms with Crippen molar-refractivity contribution in [1.29, 1.82) is 0 Å². The lowest BCUT2D eigenvalue weighted by atomic mass is 10.3. The number of carbonyl (C=O) groups excluding carboxylic acids is 3. The standard InChI is InChI=1S/C15H18N2O4S/c1-2-21-15(20)11(16)9-22-12-8-13(18)17(14(12)19)10-6-4-3-5-7-10/h3-7,11-12H,2,8-9,16H2,1H3/t11-,12-/m0/s1. The third-order valence-corrected chi connectivity index (χ3v) is 4.51. The molecule has 22 heavy (non-hydrogen) atoms. The van der Waals surface area contributed by atoms with Crippen LogP contribution in [-0.4, -0.2) is 41.4 Å². The molecule has 118 valence electrons. The molecule has 0 spiro atoms. The Hall–Kier alpha value is -1.86. The monoisotopic (exact) mass is 322 g/mol. The summed E-state index contributed by atoms with van der Waals surface area (Å²) >= 11 is 1.22. The Bertz CT molecular complexity index is 564. The van der Waals surface area contributed by atoms with Crippen LogP contribution in [0.2, 0.25) is 0 Å². The first-order valence-corrected chi connectivity index (χ1v) is 8.05. The third kappa shape index (κ3) is 3.66. The molecule has 0 unspecified atom stereocenters. The second-order valence-corrected chi connectivity index (χ2v) is 6.02. The minimum absolute atomic E-state index is 0.119. The highest BCUT2D eigenvalue weighted by Crippen LogP contribution is 2.29. The molecule has 7 heteroatoms. The molecule has 2 rings (SSSR count). The fourth-order valence-corrected chi connectivity index (χ4v) is 3.20. The number of anilines is 1. The quantitative estimate of drug-likeness (QED) is 0.619. The minimum Gasteiger partial charge on any atom is -0.465 e. The molecular weight excluding hydrogens is 304 g/mol. The Kier molecular flexibility index (Phi) is 5.57. The fraction of sp³-hybridized carbons (Fsp3) is 0.400. The summed E-state index contributed by atoms with van der Waals surface area (Å²) in [5.74, 6) is -0.757. The molecular formula is C15H18N2O4S. The minimum atomic E-state index is -0.793. The highest BCUT2D eigenvalue weighted by atomic mass is 32.2. The van der Waals surface area contributed by atoms with Crippen LogP contribution in [0.25, 0.3) is 0 Å². The number of thioether (sulfide) groups is 1. The molecule has 2 N–H and O–H groups in total. The molecule has 1 aliphatic rings. The Morgan fingerprint density at radius 1 is 1.41 bits per heavy atom. The largest absolute Gasteiger partial charge is 0.465 e. The molecule has 1 saturated heterocycles. The fourth-order valence-electron chi connectivity index (χ4n) is 2.12. The van der Waals surface area contributed by atoms with E-state index in [2.05, 4.69) is 0 Å². The smallest absolute Gasteiger partial charge is 0.323 e. The van der Waals surface area contributed by atoms with Gasteiger partial charge in [0, 0.05) is 12.2 Å². The first kappa shape index (κ1) is 16.5. The number of rotatable bonds is 6. The Morgan fingerprint density at radius 2 is 2.09 bits per heavy atom. The van der Waals surface area contributed by atoms with Crippen molar-refractivity contribution in [2.24, 2.45) is 5.73 Å². The normalized spacial score (nSPS) is 19.4. The number of esters is 1. The Labute approximate surface area is 133 Å². The van der Waals surface area contributed by atoms with Gasteiger partial charge in [0.1, 0.15) is 6.04 Å². The number of hydrogen-bond donors (Lipinski definition) is 1. The van der Waals surface area contributed by atoms with E-state index in [0.717, 1.165) is 0 Å². The van der Waals surface area contributed by atoms with Crippen LogP contribution >= 0.6 is 11.8 Å². The average Bonchev–Trinajstić information content (AvgIpc) is 2.80. The summed E-state index contributed by atoms with van der Waals surface area (Å²) in [6.45, 7) is 1.97. The van der Waals surface area contributed by atoms with Gasteiger partial charge < -0.3 is 10.5 Å². The molecule has 0 aliphatic carbocycles. The van der Waals surface area contributed by atoms with Crippen LogP contribution in [0.3, 0.4) is 0 Å². The SMILES string of the molecule is CCOC(=O)[C@@H](N)CS[C@H]1CC(=O)N(c2ccccc2)C1=O. The summed E-state index contributed by atoms with van der Waals surface area (Å²) in [7, 11) is 0. The number of nitrogens with zero attached hydrogens (tertiary/aromatic N) is 1. The van der Waals surface area contributed by atoms with Crippen molar-refractivity contribution in [3.8, 4) is 0 Å². The molecule has 0 bridgehead atoms. The van der Waals surface area contributed by atoms with Crippen LogP contribution in [-0.2, 0) is 19.1 Å². The van der Waals surface area contributed by atoms with Crippen molar-refractivity contribution in [3.05, 3.63) is 30.3 Å². The van der Waals surface area contributed by atoms with Gasteiger partial charge in [0.15, 0.2) is 0 Å². The molecule has 6 nitrogen and oxygen atoms in total. The second kappa shape index (κ2) is 7.42. The van der Waals surface area contributed by atoms with Crippen molar-refractivity contribution in [1.82, 2.24) is 0 Å². The van der Waals surface area contributed by atoms with Crippen LogP contribution in [0.15, 0.2) is 30.3 Å². The van der Waals surface area contributed by atoms with Crippen molar-refractivity contribution in [2.45, 2.75) is 24.6 Å². The number of amides is 2. The molecule has 1 fully saturated rings. The molecule has 2 atom stereocenters. The second-order valence-electron chi connectivity index (χ2n) is 4.79. The molecule has 1 aromatic carbocycles. The Balaban J connectivity index is 1.96.